The maximum atomic E-state index is 12.2. The molecule has 2 rings (SSSR count). The van der Waals surface area contributed by atoms with Crippen molar-refractivity contribution in [2.45, 2.75) is 36.9 Å². The van der Waals surface area contributed by atoms with Gasteiger partial charge in [-0.25, -0.2) is 8.42 Å². The summed E-state index contributed by atoms with van der Waals surface area (Å²) in [6, 6.07) is 8.49. The molecule has 1 aliphatic heterocycles. The second kappa shape index (κ2) is 5.24. The Bertz CT molecular complexity index is 519. The highest BCUT2D eigenvalue weighted by Crippen LogP contribution is 2.25. The molecule has 0 spiro atoms. The van der Waals surface area contributed by atoms with Gasteiger partial charge in [-0.3, -0.25) is 0 Å². The topological polar surface area (TPSA) is 43.4 Å². The van der Waals surface area contributed by atoms with Gasteiger partial charge >= 0.3 is 0 Å². The van der Waals surface area contributed by atoms with Crippen molar-refractivity contribution >= 4 is 9.84 Å². The van der Waals surface area contributed by atoms with Crippen LogP contribution in [0.2, 0.25) is 0 Å². The molecule has 98 valence electrons. The lowest BCUT2D eigenvalue weighted by atomic mass is 10.0. The smallest absolute Gasteiger partial charge is 0.181 e. The summed E-state index contributed by atoms with van der Waals surface area (Å²) in [5, 5.41) is 0. The summed E-state index contributed by atoms with van der Waals surface area (Å²) in [6.45, 7) is 5.89. The van der Waals surface area contributed by atoms with Crippen LogP contribution in [0.15, 0.2) is 47.4 Å². The molecule has 0 saturated carbocycles. The summed E-state index contributed by atoms with van der Waals surface area (Å²) in [5.74, 6) is -0.0137. The van der Waals surface area contributed by atoms with E-state index in [2.05, 4.69) is 6.58 Å². The van der Waals surface area contributed by atoms with Crippen molar-refractivity contribution in [2.75, 3.05) is 5.75 Å². The van der Waals surface area contributed by atoms with Gasteiger partial charge < -0.3 is 4.74 Å². The van der Waals surface area contributed by atoms with Gasteiger partial charge in [-0.15, -0.1) is 0 Å². The molecule has 4 heteroatoms. The van der Waals surface area contributed by atoms with Crippen molar-refractivity contribution in [1.29, 1.82) is 0 Å². The van der Waals surface area contributed by atoms with E-state index in [9.17, 15) is 8.42 Å². The van der Waals surface area contributed by atoms with Crippen LogP contribution in [-0.4, -0.2) is 26.4 Å². The molecule has 1 aromatic rings. The first-order chi connectivity index (χ1) is 8.49. The van der Waals surface area contributed by atoms with Gasteiger partial charge in [-0.05, 0) is 37.5 Å². The quantitative estimate of drug-likeness (QED) is 0.790. The van der Waals surface area contributed by atoms with E-state index in [0.717, 1.165) is 18.4 Å². The molecule has 0 bridgehead atoms. The molecule has 0 N–H and O–H groups in total. The molecular weight excluding hydrogens is 248 g/mol. The number of sulfone groups is 1. The number of benzene rings is 1. The maximum absolute atomic E-state index is 12.2. The summed E-state index contributed by atoms with van der Waals surface area (Å²) in [4.78, 5) is 0.347. The van der Waals surface area contributed by atoms with E-state index in [-0.39, 0.29) is 18.0 Å². The normalized spacial score (nSPS) is 25.1. The van der Waals surface area contributed by atoms with Crippen LogP contribution in [0.25, 0.3) is 0 Å². The van der Waals surface area contributed by atoms with Crippen molar-refractivity contribution in [3.05, 3.63) is 42.5 Å². The van der Waals surface area contributed by atoms with Crippen LogP contribution in [0.5, 0.6) is 0 Å². The second-order valence-corrected chi connectivity index (χ2v) is 6.76. The minimum atomic E-state index is -3.30. The molecular formula is C14H18O3S. The standard InChI is InChI=1S/C14H18O3S/c1-11-8-9-12(2)17-14(11)10-18(15,16)13-6-4-3-5-7-13/h3-7,12,14H,1,8-10H2,2H3/t12-,14+/m1/s1. The molecule has 1 heterocycles. The van der Waals surface area contributed by atoms with Gasteiger partial charge in [0.15, 0.2) is 9.84 Å². The summed E-state index contributed by atoms with van der Waals surface area (Å²) in [5.41, 5.74) is 0.882. The highest BCUT2D eigenvalue weighted by Gasteiger charge is 2.28. The molecule has 0 radical (unpaired) electrons. The van der Waals surface area contributed by atoms with Crippen LogP contribution in [-0.2, 0) is 14.6 Å². The van der Waals surface area contributed by atoms with Crippen molar-refractivity contribution in [3.8, 4) is 0 Å². The van der Waals surface area contributed by atoms with Gasteiger partial charge in [-0.2, -0.15) is 0 Å². The fourth-order valence-corrected chi connectivity index (χ4v) is 3.55. The molecule has 1 aliphatic rings. The van der Waals surface area contributed by atoms with Crippen molar-refractivity contribution < 1.29 is 13.2 Å². The molecule has 0 unspecified atom stereocenters. The Kier molecular flexibility index (Phi) is 3.88. The van der Waals surface area contributed by atoms with Crippen molar-refractivity contribution in [3.63, 3.8) is 0 Å². The van der Waals surface area contributed by atoms with Gasteiger partial charge in [0.05, 0.1) is 22.9 Å². The number of hydrogen-bond donors (Lipinski definition) is 0. The van der Waals surface area contributed by atoms with Crippen molar-refractivity contribution in [1.82, 2.24) is 0 Å². The van der Waals surface area contributed by atoms with E-state index in [1.807, 2.05) is 6.92 Å². The average molecular weight is 266 g/mol. The second-order valence-electron chi connectivity index (χ2n) is 4.73. The van der Waals surface area contributed by atoms with Gasteiger partial charge in [0, 0.05) is 0 Å². The third kappa shape index (κ3) is 3.00. The highest BCUT2D eigenvalue weighted by molar-refractivity contribution is 7.91. The van der Waals surface area contributed by atoms with Gasteiger partial charge in [0.1, 0.15) is 0 Å². The Labute approximate surface area is 108 Å². The van der Waals surface area contributed by atoms with Crippen molar-refractivity contribution in [2.24, 2.45) is 0 Å². The van der Waals surface area contributed by atoms with Gasteiger partial charge in [0.2, 0.25) is 0 Å². The minimum Gasteiger partial charge on any atom is -0.370 e. The SMILES string of the molecule is C=C1CC[C@@H](C)O[C@H]1CS(=O)(=O)c1ccccc1. The first-order valence-corrected chi connectivity index (χ1v) is 7.75. The predicted octanol–water partition coefficient (Wildman–Crippen LogP) is 2.58. The summed E-state index contributed by atoms with van der Waals surface area (Å²) < 4.78 is 30.1. The Morgan fingerprint density at radius 3 is 2.67 bits per heavy atom. The molecule has 3 nitrogen and oxygen atoms in total. The Morgan fingerprint density at radius 1 is 1.33 bits per heavy atom. The van der Waals surface area contributed by atoms with E-state index < -0.39 is 9.84 Å². The molecule has 0 amide bonds. The summed E-state index contributed by atoms with van der Waals surface area (Å²) in [6.07, 6.45) is 1.49. The fourth-order valence-electron chi connectivity index (χ4n) is 2.07. The molecule has 1 saturated heterocycles. The third-order valence-corrected chi connectivity index (χ3v) is 4.93. The van der Waals surface area contributed by atoms with Crippen LogP contribution in [0.3, 0.4) is 0 Å². The zero-order valence-electron chi connectivity index (χ0n) is 10.5. The maximum Gasteiger partial charge on any atom is 0.181 e. The largest absolute Gasteiger partial charge is 0.370 e. The lowest BCUT2D eigenvalue weighted by Gasteiger charge is -2.29. The Balaban J connectivity index is 2.15. The summed E-state index contributed by atoms with van der Waals surface area (Å²) >= 11 is 0. The Morgan fingerprint density at radius 2 is 2.00 bits per heavy atom. The molecule has 1 fully saturated rings. The molecule has 18 heavy (non-hydrogen) atoms. The van der Waals surface area contributed by atoms with Crippen LogP contribution in [0, 0.1) is 0 Å². The zero-order valence-corrected chi connectivity index (χ0v) is 11.3. The minimum absolute atomic E-state index is 0.0137. The van der Waals surface area contributed by atoms with Crippen LogP contribution in [0.4, 0.5) is 0 Å². The van der Waals surface area contributed by atoms with E-state index in [1.54, 1.807) is 30.3 Å². The van der Waals surface area contributed by atoms with Crippen LogP contribution in [0.1, 0.15) is 19.8 Å². The lowest BCUT2D eigenvalue weighted by Crippen LogP contribution is -2.33. The van der Waals surface area contributed by atoms with Crippen LogP contribution < -0.4 is 0 Å². The Hall–Kier alpha value is -1.13. The first-order valence-electron chi connectivity index (χ1n) is 6.10. The average Bonchev–Trinajstić information content (AvgIpc) is 2.35. The molecule has 2 atom stereocenters. The first kappa shape index (κ1) is 13.3. The number of hydrogen-bond acceptors (Lipinski definition) is 3. The zero-order chi connectivity index (χ0) is 13.2. The third-order valence-electron chi connectivity index (χ3n) is 3.20. The monoisotopic (exact) mass is 266 g/mol. The molecule has 0 aromatic heterocycles. The van der Waals surface area contributed by atoms with Crippen LogP contribution >= 0.6 is 0 Å². The predicted molar refractivity (Wildman–Crippen MR) is 71.2 cm³/mol. The lowest BCUT2D eigenvalue weighted by molar-refractivity contribution is 0.00377. The highest BCUT2D eigenvalue weighted by atomic mass is 32.2. The number of rotatable bonds is 3. The molecule has 1 aromatic carbocycles. The van der Waals surface area contributed by atoms with E-state index >= 15 is 0 Å². The molecule has 0 aliphatic carbocycles. The van der Waals surface area contributed by atoms with Gasteiger partial charge in [0.25, 0.3) is 0 Å². The summed E-state index contributed by atoms with van der Waals surface area (Å²) in [7, 11) is -3.30. The van der Waals surface area contributed by atoms with E-state index in [1.165, 1.54) is 0 Å². The fraction of sp³-hybridized carbons (Fsp3) is 0.429. The van der Waals surface area contributed by atoms with E-state index in [0.29, 0.717) is 4.90 Å². The van der Waals surface area contributed by atoms with E-state index in [4.69, 9.17) is 4.74 Å². The van der Waals surface area contributed by atoms with Gasteiger partial charge in [-0.1, -0.05) is 24.8 Å². The number of ether oxygens (including phenoxy) is 1.